The van der Waals surface area contributed by atoms with Crippen LogP contribution in [0.3, 0.4) is 0 Å². The van der Waals surface area contributed by atoms with Crippen molar-refractivity contribution in [2.24, 2.45) is 0 Å². The van der Waals surface area contributed by atoms with Gasteiger partial charge in [-0.2, -0.15) is 0 Å². The fourth-order valence-corrected chi connectivity index (χ4v) is 2.23. The Balaban J connectivity index is -0.000000107. The maximum atomic E-state index is 2.32. The van der Waals surface area contributed by atoms with Crippen molar-refractivity contribution in [3.63, 3.8) is 0 Å². The van der Waals surface area contributed by atoms with E-state index >= 15 is 0 Å². The molecule has 116 valence electrons. The number of halogens is 3. The summed E-state index contributed by atoms with van der Waals surface area (Å²) in [5.74, 6) is 0. The third-order valence-corrected chi connectivity index (χ3v) is 3.32. The van der Waals surface area contributed by atoms with Crippen LogP contribution in [0.2, 0.25) is 0 Å². The van der Waals surface area contributed by atoms with Crippen LogP contribution in [-0.4, -0.2) is 25.8 Å². The molecule has 0 atom stereocenters. The summed E-state index contributed by atoms with van der Waals surface area (Å²) in [5, 5.41) is 0. The topological polar surface area (TPSA) is 0 Å². The number of hydrogen-bond donors (Lipinski definition) is 0. The van der Waals surface area contributed by atoms with Crippen LogP contribution in [0.1, 0.15) is 77.0 Å². The molecule has 0 unspecified atom stereocenters. The van der Waals surface area contributed by atoms with Gasteiger partial charge in [-0.1, -0.05) is 50.0 Å². The van der Waals surface area contributed by atoms with Crippen LogP contribution in [0.4, 0.5) is 0 Å². The largest absolute Gasteiger partial charge is 3.00 e. The Kier molecular flexibility index (Phi) is 36.8. The second kappa shape index (κ2) is 25.2. The van der Waals surface area contributed by atoms with Gasteiger partial charge < -0.3 is 37.2 Å². The van der Waals surface area contributed by atoms with Crippen LogP contribution < -0.4 is 37.2 Å². The molecule has 4 heteroatoms. The molecule has 0 spiro atoms. The van der Waals surface area contributed by atoms with Crippen molar-refractivity contribution >= 4 is 25.8 Å². The van der Waals surface area contributed by atoms with Crippen molar-refractivity contribution < 1.29 is 37.2 Å². The van der Waals surface area contributed by atoms with E-state index in [1.807, 2.05) is 0 Å². The van der Waals surface area contributed by atoms with Crippen molar-refractivity contribution in [2.45, 2.75) is 77.0 Å². The van der Waals surface area contributed by atoms with E-state index in [1.165, 1.54) is 77.0 Å². The Hall–Kier alpha value is 1.22. The molecule has 2 rings (SSSR count). The van der Waals surface area contributed by atoms with E-state index in [4.69, 9.17) is 0 Å². The summed E-state index contributed by atoms with van der Waals surface area (Å²) in [6.07, 6.45) is 26.0. The molecule has 0 saturated carbocycles. The molecule has 20 heavy (non-hydrogen) atoms. The van der Waals surface area contributed by atoms with Gasteiger partial charge in [0, 0.05) is 0 Å². The summed E-state index contributed by atoms with van der Waals surface area (Å²) in [6.45, 7) is 0. The maximum Gasteiger partial charge on any atom is 3.00 e. The molecule has 0 fully saturated rings. The number of allylic oxidation sites excluding steroid dienone is 4. The molecule has 0 amide bonds. The van der Waals surface area contributed by atoms with Gasteiger partial charge in [0.25, 0.3) is 0 Å². The molecule has 2 aliphatic rings. The molecule has 0 aromatic heterocycles. The van der Waals surface area contributed by atoms with Crippen molar-refractivity contribution in [2.75, 3.05) is 0 Å². The minimum atomic E-state index is 0. The van der Waals surface area contributed by atoms with Crippen LogP contribution >= 0.6 is 0 Å². The zero-order chi connectivity index (χ0) is 11.3. The molecule has 2 aliphatic carbocycles. The van der Waals surface area contributed by atoms with Crippen LogP contribution in [0, 0.1) is 0 Å². The quantitative estimate of drug-likeness (QED) is 0.341. The first-order chi connectivity index (χ1) is 8.00. The molecule has 0 nitrogen and oxygen atoms in total. The van der Waals surface area contributed by atoms with Crippen LogP contribution in [0.15, 0.2) is 24.3 Å². The first-order valence-corrected chi connectivity index (χ1v) is 7.30. The predicted octanol–water partition coefficient (Wildman–Crippen LogP) is -3.58. The van der Waals surface area contributed by atoms with Gasteiger partial charge in [0.15, 0.2) is 0 Å². The molecule has 0 N–H and O–H groups in total. The van der Waals surface area contributed by atoms with E-state index in [1.54, 1.807) is 0 Å². The summed E-state index contributed by atoms with van der Waals surface area (Å²) < 4.78 is 0. The van der Waals surface area contributed by atoms with E-state index in [9.17, 15) is 0 Å². The first kappa shape index (κ1) is 29.3. The van der Waals surface area contributed by atoms with Gasteiger partial charge in [-0.05, 0) is 51.4 Å². The Morgan fingerprint density at radius 3 is 0.750 bits per heavy atom. The number of rotatable bonds is 0. The molecule has 0 saturated heterocycles. The Labute approximate surface area is 163 Å². The van der Waals surface area contributed by atoms with Gasteiger partial charge in [-0.15, -0.1) is 0 Å². The summed E-state index contributed by atoms with van der Waals surface area (Å²) in [7, 11) is 0. The molecule has 0 aromatic rings. The smallest absolute Gasteiger partial charge is 1.00 e. The van der Waals surface area contributed by atoms with E-state index in [0.29, 0.717) is 0 Å². The molecule has 0 heterocycles. The van der Waals surface area contributed by atoms with E-state index in [-0.39, 0.29) is 63.1 Å². The fourth-order valence-electron chi connectivity index (χ4n) is 2.23. The predicted molar refractivity (Wildman–Crippen MR) is 79.4 cm³/mol. The monoisotopic (exact) mass is 440 g/mol. The molecule has 0 radical (unpaired) electrons. The molecule has 0 bridgehead atoms. The molecular weight excluding hydrogens is 413 g/mol. The summed E-state index contributed by atoms with van der Waals surface area (Å²) in [5.41, 5.74) is 0. The Bertz CT molecular complexity index is 164. The van der Waals surface area contributed by atoms with Gasteiger partial charge >= 0.3 is 25.8 Å². The number of hydrogen-bond acceptors (Lipinski definition) is 0. The molecule has 0 aliphatic heterocycles. The first-order valence-electron chi connectivity index (χ1n) is 7.30. The minimum Gasteiger partial charge on any atom is -1.00 e. The van der Waals surface area contributed by atoms with E-state index in [0.717, 1.165) is 0 Å². The average molecular weight is 442 g/mol. The van der Waals surface area contributed by atoms with Gasteiger partial charge in [0.2, 0.25) is 0 Å². The summed E-state index contributed by atoms with van der Waals surface area (Å²) >= 11 is 0. The SMILES string of the molecule is C1=CCCCCCC1.C1=CCCCCCC1.[Cl-].[Cl-].[Cl-].[In+3]. The normalized spacial score (nSPS) is 17.6. The van der Waals surface area contributed by atoms with Crippen molar-refractivity contribution in [3.8, 4) is 0 Å². The third-order valence-electron chi connectivity index (χ3n) is 3.32. The van der Waals surface area contributed by atoms with Crippen molar-refractivity contribution in [1.29, 1.82) is 0 Å². The van der Waals surface area contributed by atoms with Crippen molar-refractivity contribution in [1.82, 2.24) is 0 Å². The van der Waals surface area contributed by atoms with Gasteiger partial charge in [-0.3, -0.25) is 0 Å². The summed E-state index contributed by atoms with van der Waals surface area (Å²) in [6, 6.07) is 0. The Morgan fingerprint density at radius 2 is 0.550 bits per heavy atom. The zero-order valence-corrected chi connectivity index (χ0v) is 18.1. The van der Waals surface area contributed by atoms with Crippen molar-refractivity contribution in [3.05, 3.63) is 24.3 Å². The molecular formula is C16H28Cl3In. The maximum absolute atomic E-state index is 2.32. The second-order valence-corrected chi connectivity index (χ2v) is 4.93. The second-order valence-electron chi connectivity index (χ2n) is 4.93. The fraction of sp³-hybridized carbons (Fsp3) is 0.750. The third kappa shape index (κ3) is 21.5. The summed E-state index contributed by atoms with van der Waals surface area (Å²) in [4.78, 5) is 0. The van der Waals surface area contributed by atoms with Gasteiger partial charge in [0.1, 0.15) is 0 Å². The van der Waals surface area contributed by atoms with Gasteiger partial charge in [0.05, 0.1) is 0 Å². The van der Waals surface area contributed by atoms with E-state index < -0.39 is 0 Å². The van der Waals surface area contributed by atoms with Crippen LogP contribution in [0.5, 0.6) is 0 Å². The average Bonchev–Trinajstić information content (AvgIpc) is 2.15. The van der Waals surface area contributed by atoms with Gasteiger partial charge in [-0.25, -0.2) is 0 Å². The zero-order valence-electron chi connectivity index (χ0n) is 12.5. The van der Waals surface area contributed by atoms with Crippen LogP contribution in [-0.2, 0) is 0 Å². The standard InChI is InChI=1S/2C8H14.3ClH.In/c2*1-2-4-6-8-7-5-3-1;;;;/h2*1-2H,3-8H2;3*1H;/q;;;;;+3/p-3. The minimum absolute atomic E-state index is 0. The molecule has 0 aromatic carbocycles. The van der Waals surface area contributed by atoms with E-state index in [2.05, 4.69) is 24.3 Å². The van der Waals surface area contributed by atoms with Crippen LogP contribution in [0.25, 0.3) is 0 Å². The Morgan fingerprint density at radius 1 is 0.350 bits per heavy atom.